The number of nitrogens with one attached hydrogen (secondary N) is 1. The average molecular weight is 335 g/mol. The number of hydrogen-bond donors (Lipinski definition) is 1. The van der Waals surface area contributed by atoms with Gasteiger partial charge in [-0.05, 0) is 36.2 Å². The Morgan fingerprint density at radius 1 is 1.16 bits per heavy atom. The molecule has 5 heteroatoms. The number of benzene rings is 1. The zero-order valence-electron chi connectivity index (χ0n) is 10.4. The molecule has 0 fully saturated rings. The van der Waals surface area contributed by atoms with Crippen LogP contribution in [0.15, 0.2) is 30.3 Å². The SMILES string of the molecule is CCC(NCc1ccc(Cl)s1)c1ccc(Cl)cc1Cl. The fourth-order valence-electron chi connectivity index (χ4n) is 1.93. The summed E-state index contributed by atoms with van der Waals surface area (Å²) in [6.07, 6.45) is 0.959. The Morgan fingerprint density at radius 3 is 2.53 bits per heavy atom. The highest BCUT2D eigenvalue weighted by molar-refractivity contribution is 7.16. The molecule has 1 N–H and O–H groups in total. The van der Waals surface area contributed by atoms with Crippen molar-refractivity contribution in [2.24, 2.45) is 0 Å². The van der Waals surface area contributed by atoms with E-state index in [0.717, 1.165) is 22.9 Å². The van der Waals surface area contributed by atoms with Crippen LogP contribution in [0.4, 0.5) is 0 Å². The molecule has 0 radical (unpaired) electrons. The van der Waals surface area contributed by atoms with Gasteiger partial charge in [0, 0.05) is 27.5 Å². The van der Waals surface area contributed by atoms with E-state index in [-0.39, 0.29) is 6.04 Å². The van der Waals surface area contributed by atoms with Crippen LogP contribution in [0.1, 0.15) is 29.8 Å². The van der Waals surface area contributed by atoms with Gasteiger partial charge in [0.2, 0.25) is 0 Å². The van der Waals surface area contributed by atoms with Gasteiger partial charge in [0.1, 0.15) is 0 Å². The van der Waals surface area contributed by atoms with Crippen molar-refractivity contribution in [3.63, 3.8) is 0 Å². The fraction of sp³-hybridized carbons (Fsp3) is 0.286. The highest BCUT2D eigenvalue weighted by Gasteiger charge is 2.13. The second-order valence-corrected chi connectivity index (χ2v) is 6.86. The zero-order chi connectivity index (χ0) is 13.8. The van der Waals surface area contributed by atoms with Crippen molar-refractivity contribution >= 4 is 46.1 Å². The standard InChI is InChI=1S/C14H14Cl3NS/c1-2-13(11-5-3-9(15)7-12(11)16)18-8-10-4-6-14(17)19-10/h3-7,13,18H,2,8H2,1H3. The maximum Gasteiger partial charge on any atom is 0.0931 e. The first-order valence-electron chi connectivity index (χ1n) is 6.02. The number of halogens is 3. The largest absolute Gasteiger partial charge is 0.305 e. The number of thiophene rings is 1. The number of rotatable bonds is 5. The van der Waals surface area contributed by atoms with E-state index < -0.39 is 0 Å². The minimum Gasteiger partial charge on any atom is -0.305 e. The number of hydrogen-bond acceptors (Lipinski definition) is 2. The smallest absolute Gasteiger partial charge is 0.0931 e. The van der Waals surface area contributed by atoms with Crippen molar-refractivity contribution < 1.29 is 0 Å². The van der Waals surface area contributed by atoms with Crippen molar-refractivity contribution in [3.8, 4) is 0 Å². The normalized spacial score (nSPS) is 12.6. The van der Waals surface area contributed by atoms with Crippen LogP contribution >= 0.6 is 46.1 Å². The van der Waals surface area contributed by atoms with Crippen molar-refractivity contribution in [2.45, 2.75) is 25.9 Å². The third-order valence-corrected chi connectivity index (χ3v) is 4.69. The molecule has 0 aliphatic rings. The molecule has 0 amide bonds. The first-order chi connectivity index (χ1) is 9.10. The fourth-order valence-corrected chi connectivity index (χ4v) is 3.51. The van der Waals surface area contributed by atoms with Crippen LogP contribution in [-0.2, 0) is 6.54 Å². The monoisotopic (exact) mass is 333 g/mol. The molecule has 0 saturated carbocycles. The molecule has 1 unspecified atom stereocenters. The molecule has 1 nitrogen and oxygen atoms in total. The summed E-state index contributed by atoms with van der Waals surface area (Å²) in [5.41, 5.74) is 1.08. The van der Waals surface area contributed by atoms with Crippen molar-refractivity contribution in [1.29, 1.82) is 0 Å². The predicted molar refractivity (Wildman–Crippen MR) is 85.7 cm³/mol. The predicted octanol–water partition coefficient (Wildman–Crippen LogP) is 5.95. The molecule has 1 heterocycles. The van der Waals surface area contributed by atoms with Crippen LogP contribution in [0.3, 0.4) is 0 Å². The van der Waals surface area contributed by atoms with Gasteiger partial charge in [0.15, 0.2) is 0 Å². The van der Waals surface area contributed by atoms with Gasteiger partial charge >= 0.3 is 0 Å². The maximum absolute atomic E-state index is 6.25. The zero-order valence-corrected chi connectivity index (χ0v) is 13.5. The van der Waals surface area contributed by atoms with E-state index in [1.54, 1.807) is 17.4 Å². The molecule has 1 atom stereocenters. The van der Waals surface area contributed by atoms with Gasteiger partial charge in [0.05, 0.1) is 4.34 Å². The maximum atomic E-state index is 6.25. The molecule has 0 aliphatic carbocycles. The van der Waals surface area contributed by atoms with E-state index in [9.17, 15) is 0 Å². The Balaban J connectivity index is 2.07. The van der Waals surface area contributed by atoms with Gasteiger partial charge in [-0.25, -0.2) is 0 Å². The highest BCUT2D eigenvalue weighted by atomic mass is 35.5. The highest BCUT2D eigenvalue weighted by Crippen LogP contribution is 2.29. The summed E-state index contributed by atoms with van der Waals surface area (Å²) in [5, 5.41) is 4.87. The van der Waals surface area contributed by atoms with Gasteiger partial charge in [-0.15, -0.1) is 11.3 Å². The van der Waals surface area contributed by atoms with E-state index in [0.29, 0.717) is 10.0 Å². The molecule has 1 aromatic carbocycles. The first-order valence-corrected chi connectivity index (χ1v) is 7.97. The lowest BCUT2D eigenvalue weighted by molar-refractivity contribution is 0.522. The van der Waals surface area contributed by atoms with Gasteiger partial charge in [-0.1, -0.05) is 47.8 Å². The van der Waals surface area contributed by atoms with Crippen LogP contribution in [0.25, 0.3) is 0 Å². The topological polar surface area (TPSA) is 12.0 Å². The third kappa shape index (κ3) is 4.11. The molecule has 19 heavy (non-hydrogen) atoms. The van der Waals surface area contributed by atoms with Gasteiger partial charge in [0.25, 0.3) is 0 Å². The average Bonchev–Trinajstić information content (AvgIpc) is 2.78. The lowest BCUT2D eigenvalue weighted by atomic mass is 10.0. The Bertz CT molecular complexity index is 553. The van der Waals surface area contributed by atoms with E-state index in [1.165, 1.54) is 4.88 Å². The summed E-state index contributed by atoms with van der Waals surface area (Å²) in [7, 11) is 0. The van der Waals surface area contributed by atoms with Gasteiger partial charge in [-0.3, -0.25) is 0 Å². The summed E-state index contributed by atoms with van der Waals surface area (Å²) in [6, 6.07) is 9.80. The summed E-state index contributed by atoms with van der Waals surface area (Å²) in [6.45, 7) is 2.92. The molecule has 0 bridgehead atoms. The van der Waals surface area contributed by atoms with Crippen molar-refractivity contribution in [3.05, 3.63) is 55.2 Å². The summed E-state index contributed by atoms with van der Waals surface area (Å²) >= 11 is 19.7. The van der Waals surface area contributed by atoms with Crippen LogP contribution in [0.2, 0.25) is 14.4 Å². The summed E-state index contributed by atoms with van der Waals surface area (Å²) < 4.78 is 0.814. The van der Waals surface area contributed by atoms with Gasteiger partial charge < -0.3 is 5.32 Å². The molecule has 102 valence electrons. The quantitative estimate of drug-likeness (QED) is 0.712. The summed E-state index contributed by atoms with van der Waals surface area (Å²) in [5.74, 6) is 0. The Morgan fingerprint density at radius 2 is 1.95 bits per heavy atom. The third-order valence-electron chi connectivity index (χ3n) is 2.90. The van der Waals surface area contributed by atoms with Crippen molar-refractivity contribution in [2.75, 3.05) is 0 Å². The molecule has 0 aliphatic heterocycles. The first kappa shape index (κ1) is 15.1. The Kier molecular flexibility index (Phi) is 5.55. The minimum absolute atomic E-state index is 0.214. The molecule has 2 aromatic rings. The van der Waals surface area contributed by atoms with Crippen molar-refractivity contribution in [1.82, 2.24) is 5.32 Å². The Labute approximate surface area is 132 Å². The minimum atomic E-state index is 0.214. The van der Waals surface area contributed by atoms with E-state index in [1.807, 2.05) is 24.3 Å². The van der Waals surface area contributed by atoms with E-state index >= 15 is 0 Å². The van der Waals surface area contributed by atoms with Crippen LogP contribution in [0.5, 0.6) is 0 Å². The van der Waals surface area contributed by atoms with Crippen LogP contribution < -0.4 is 5.32 Å². The second kappa shape index (κ2) is 6.96. The summed E-state index contributed by atoms with van der Waals surface area (Å²) in [4.78, 5) is 1.22. The lowest BCUT2D eigenvalue weighted by Crippen LogP contribution is -2.20. The van der Waals surface area contributed by atoms with Gasteiger partial charge in [-0.2, -0.15) is 0 Å². The molecular formula is C14H14Cl3NS. The molecule has 2 rings (SSSR count). The lowest BCUT2D eigenvalue weighted by Gasteiger charge is -2.18. The molecular weight excluding hydrogens is 321 g/mol. The molecule has 0 spiro atoms. The second-order valence-electron chi connectivity index (χ2n) is 4.21. The van der Waals surface area contributed by atoms with Crippen LogP contribution in [0, 0.1) is 0 Å². The van der Waals surface area contributed by atoms with E-state index in [2.05, 4.69) is 12.2 Å². The molecule has 1 aromatic heterocycles. The van der Waals surface area contributed by atoms with Crippen LogP contribution in [-0.4, -0.2) is 0 Å². The Hall–Kier alpha value is -0.250. The van der Waals surface area contributed by atoms with E-state index in [4.69, 9.17) is 34.8 Å². The molecule has 0 saturated heterocycles.